The molecule has 42 heavy (non-hydrogen) atoms. The number of hydrogen-bond acceptors (Lipinski definition) is 12. The molecule has 0 atom stereocenters. The van der Waals surface area contributed by atoms with Crippen molar-refractivity contribution in [3.8, 4) is 23.1 Å². The van der Waals surface area contributed by atoms with Gasteiger partial charge in [-0.1, -0.05) is 6.92 Å². The Labute approximate surface area is 238 Å². The SMILES string of the molecule is CCN(CCO)CCOc1ccc2nc(Nc3nc(C)c4cc(OC)c(OC)cc4n3)nc(OC(=O)C(F)(F)F)c2c1. The average molecular weight is 591 g/mol. The van der Waals surface area contributed by atoms with Crippen molar-refractivity contribution < 1.29 is 42.0 Å². The number of aromatic nitrogens is 4. The molecule has 0 bridgehead atoms. The molecule has 0 amide bonds. The maximum Gasteiger partial charge on any atom is 0.491 e. The molecule has 0 aliphatic heterocycles. The number of alkyl halides is 3. The van der Waals surface area contributed by atoms with Crippen molar-refractivity contribution >= 4 is 39.7 Å². The van der Waals surface area contributed by atoms with Crippen LogP contribution in [0, 0.1) is 6.92 Å². The highest BCUT2D eigenvalue weighted by Crippen LogP contribution is 2.34. The molecule has 2 aromatic heterocycles. The minimum Gasteiger partial charge on any atom is -0.493 e. The Balaban J connectivity index is 1.68. The molecule has 0 spiro atoms. The van der Waals surface area contributed by atoms with Gasteiger partial charge in [0, 0.05) is 24.5 Å². The summed E-state index contributed by atoms with van der Waals surface area (Å²) in [7, 11) is 2.99. The largest absolute Gasteiger partial charge is 0.493 e. The number of rotatable bonds is 12. The fourth-order valence-electron chi connectivity index (χ4n) is 4.08. The maximum absolute atomic E-state index is 13.1. The summed E-state index contributed by atoms with van der Waals surface area (Å²) >= 11 is 0. The molecule has 2 aromatic carbocycles. The van der Waals surface area contributed by atoms with Crippen molar-refractivity contribution in [3.05, 3.63) is 36.0 Å². The number of ether oxygens (including phenoxy) is 4. The molecule has 0 radical (unpaired) electrons. The van der Waals surface area contributed by atoms with E-state index in [-0.39, 0.29) is 36.0 Å². The van der Waals surface area contributed by atoms with Gasteiger partial charge in [-0.2, -0.15) is 18.2 Å². The first-order valence-corrected chi connectivity index (χ1v) is 12.8. The van der Waals surface area contributed by atoms with Crippen LogP contribution in [-0.2, 0) is 4.79 Å². The number of methoxy groups -OCH3 is 2. The van der Waals surface area contributed by atoms with Crippen LogP contribution >= 0.6 is 0 Å². The first kappa shape index (κ1) is 30.5. The van der Waals surface area contributed by atoms with Gasteiger partial charge in [0.2, 0.25) is 17.8 Å². The molecular formula is C27H29F3N6O6. The zero-order chi connectivity index (χ0) is 30.4. The van der Waals surface area contributed by atoms with Crippen LogP contribution in [0.4, 0.5) is 25.1 Å². The number of esters is 1. The Hall–Kier alpha value is -4.50. The number of halogens is 3. The highest BCUT2D eigenvalue weighted by molar-refractivity contribution is 5.90. The Morgan fingerprint density at radius 2 is 1.64 bits per heavy atom. The second-order valence-corrected chi connectivity index (χ2v) is 8.91. The van der Waals surface area contributed by atoms with Gasteiger partial charge in [0.15, 0.2) is 11.5 Å². The number of fused-ring (bicyclic) bond motifs is 2. The lowest BCUT2D eigenvalue weighted by Crippen LogP contribution is -2.30. The van der Waals surface area contributed by atoms with E-state index in [9.17, 15) is 18.0 Å². The average Bonchev–Trinajstić information content (AvgIpc) is 2.95. The molecule has 15 heteroatoms. The van der Waals surface area contributed by atoms with E-state index in [2.05, 4.69) is 30.0 Å². The van der Waals surface area contributed by atoms with Crippen molar-refractivity contribution in [2.24, 2.45) is 0 Å². The van der Waals surface area contributed by atoms with Gasteiger partial charge in [0.05, 0.1) is 42.9 Å². The summed E-state index contributed by atoms with van der Waals surface area (Å²) in [6.07, 6.45) is -5.26. The normalized spacial score (nSPS) is 11.6. The fraction of sp³-hybridized carbons (Fsp3) is 0.370. The topological polar surface area (TPSA) is 141 Å². The van der Waals surface area contributed by atoms with Gasteiger partial charge in [-0.15, -0.1) is 0 Å². The molecule has 224 valence electrons. The van der Waals surface area contributed by atoms with Crippen molar-refractivity contribution in [1.29, 1.82) is 0 Å². The van der Waals surface area contributed by atoms with E-state index in [1.165, 1.54) is 26.4 Å². The summed E-state index contributed by atoms with van der Waals surface area (Å²) in [5.41, 5.74) is 1.23. The third-order valence-corrected chi connectivity index (χ3v) is 6.21. The third kappa shape index (κ3) is 7.03. The quantitative estimate of drug-likeness (QED) is 0.232. The van der Waals surface area contributed by atoms with Gasteiger partial charge in [0.25, 0.3) is 0 Å². The Morgan fingerprint density at radius 1 is 0.952 bits per heavy atom. The molecule has 0 fully saturated rings. The van der Waals surface area contributed by atoms with Crippen LogP contribution in [0.25, 0.3) is 21.8 Å². The number of likely N-dealkylation sites (N-methyl/N-ethyl adjacent to an activating group) is 1. The predicted molar refractivity (Wildman–Crippen MR) is 147 cm³/mol. The van der Waals surface area contributed by atoms with Crippen molar-refractivity contribution in [2.45, 2.75) is 20.0 Å². The number of hydrogen-bond donors (Lipinski definition) is 2. The third-order valence-electron chi connectivity index (χ3n) is 6.21. The molecule has 12 nitrogen and oxygen atoms in total. The van der Waals surface area contributed by atoms with E-state index in [1.807, 2.05) is 11.8 Å². The number of benzene rings is 2. The lowest BCUT2D eigenvalue weighted by molar-refractivity contribution is -0.189. The zero-order valence-corrected chi connectivity index (χ0v) is 23.3. The number of anilines is 2. The molecular weight excluding hydrogens is 561 g/mol. The van der Waals surface area contributed by atoms with E-state index in [0.29, 0.717) is 53.5 Å². The summed E-state index contributed by atoms with van der Waals surface area (Å²) < 4.78 is 60.3. The van der Waals surface area contributed by atoms with Gasteiger partial charge in [-0.25, -0.2) is 19.7 Å². The predicted octanol–water partition coefficient (Wildman–Crippen LogP) is 3.80. The second kappa shape index (κ2) is 13.0. The lowest BCUT2D eigenvalue weighted by atomic mass is 10.1. The number of nitrogens with one attached hydrogen (secondary N) is 1. The molecule has 0 saturated heterocycles. The Morgan fingerprint density at radius 3 is 2.31 bits per heavy atom. The summed E-state index contributed by atoms with van der Waals surface area (Å²) in [5.74, 6) is -2.01. The fourth-order valence-corrected chi connectivity index (χ4v) is 4.08. The molecule has 0 aliphatic carbocycles. The van der Waals surface area contributed by atoms with Crippen LogP contribution in [0.2, 0.25) is 0 Å². The van der Waals surface area contributed by atoms with Crippen LogP contribution in [-0.4, -0.2) is 89.2 Å². The van der Waals surface area contributed by atoms with Gasteiger partial charge >= 0.3 is 12.1 Å². The monoisotopic (exact) mass is 590 g/mol. The molecule has 0 unspecified atom stereocenters. The number of aliphatic hydroxyl groups excluding tert-OH is 1. The van der Waals surface area contributed by atoms with E-state index >= 15 is 0 Å². The number of carbonyl (C=O) groups is 1. The number of carbonyl (C=O) groups excluding carboxylic acids is 1. The Bertz CT molecular complexity index is 1590. The minimum absolute atomic E-state index is 0.00178. The summed E-state index contributed by atoms with van der Waals surface area (Å²) in [6, 6.07) is 7.83. The minimum atomic E-state index is -5.26. The smallest absolute Gasteiger partial charge is 0.491 e. The van der Waals surface area contributed by atoms with Gasteiger partial charge in [0.1, 0.15) is 12.4 Å². The van der Waals surface area contributed by atoms with Crippen LogP contribution in [0.15, 0.2) is 30.3 Å². The second-order valence-electron chi connectivity index (χ2n) is 8.91. The summed E-state index contributed by atoms with van der Waals surface area (Å²) in [6.45, 7) is 5.60. The number of nitrogens with zero attached hydrogens (tertiary/aromatic N) is 5. The maximum atomic E-state index is 13.1. The summed E-state index contributed by atoms with van der Waals surface area (Å²) in [5, 5.41) is 12.6. The van der Waals surface area contributed by atoms with Gasteiger partial charge < -0.3 is 24.1 Å². The molecule has 0 aliphatic rings. The number of aryl methyl sites for hydroxylation is 1. The van der Waals surface area contributed by atoms with Crippen molar-refractivity contribution in [1.82, 2.24) is 24.8 Å². The highest BCUT2D eigenvalue weighted by atomic mass is 19.4. The van der Waals surface area contributed by atoms with Crippen molar-refractivity contribution in [2.75, 3.05) is 52.4 Å². The molecule has 4 rings (SSSR count). The summed E-state index contributed by atoms with van der Waals surface area (Å²) in [4.78, 5) is 30.9. The van der Waals surface area contributed by atoms with Crippen LogP contribution in [0.3, 0.4) is 0 Å². The Kier molecular flexibility index (Phi) is 9.42. The van der Waals surface area contributed by atoms with E-state index in [1.54, 1.807) is 25.1 Å². The number of aliphatic hydroxyl groups is 1. The molecule has 2 N–H and O–H groups in total. The zero-order valence-electron chi connectivity index (χ0n) is 23.3. The molecule has 0 saturated carbocycles. The van der Waals surface area contributed by atoms with Crippen LogP contribution in [0.1, 0.15) is 12.6 Å². The van der Waals surface area contributed by atoms with E-state index < -0.39 is 18.0 Å². The van der Waals surface area contributed by atoms with Crippen LogP contribution < -0.4 is 24.3 Å². The molecule has 4 aromatic rings. The van der Waals surface area contributed by atoms with Crippen LogP contribution in [0.5, 0.6) is 23.1 Å². The van der Waals surface area contributed by atoms with E-state index in [0.717, 1.165) is 0 Å². The van der Waals surface area contributed by atoms with Gasteiger partial charge in [-0.3, -0.25) is 10.2 Å². The van der Waals surface area contributed by atoms with Gasteiger partial charge in [-0.05, 0) is 37.7 Å². The first-order chi connectivity index (χ1) is 20.1. The highest BCUT2D eigenvalue weighted by Gasteiger charge is 2.42. The molecule has 2 heterocycles. The lowest BCUT2D eigenvalue weighted by Gasteiger charge is -2.19. The first-order valence-electron chi connectivity index (χ1n) is 12.8. The standard InChI is InChI=1S/C27H29F3N6O6/c1-5-36(8-10-37)9-11-41-16-6-7-19-18(12-16)23(42-24(38)27(28,29)30)34-26(32-19)35-25-31-15(2)17-13-21(39-3)22(40-4)14-20(17)33-25/h6-7,12-14,37H,5,8-11H2,1-4H3,(H,31,32,33,34,35). The van der Waals surface area contributed by atoms with Crippen molar-refractivity contribution in [3.63, 3.8) is 0 Å². The van der Waals surface area contributed by atoms with E-state index in [4.69, 9.17) is 19.3 Å².